The van der Waals surface area contributed by atoms with Crippen molar-refractivity contribution in [2.45, 2.75) is 254 Å². The Kier molecular flexibility index (Phi) is 48.7. The molecule has 25 heteroatoms. The van der Waals surface area contributed by atoms with E-state index in [-0.39, 0.29) is 126 Å². The van der Waals surface area contributed by atoms with Crippen LogP contribution in [0, 0.1) is 87.5 Å². The van der Waals surface area contributed by atoms with Crippen molar-refractivity contribution in [3.63, 3.8) is 0 Å². The second-order valence-corrected chi connectivity index (χ2v) is 41.5. The van der Waals surface area contributed by atoms with E-state index in [4.69, 9.17) is 35.0 Å². The number of halogens is 1. The number of alkyl halides is 1. The van der Waals surface area contributed by atoms with Crippen LogP contribution < -0.4 is 5.73 Å². The fraction of sp³-hybridized carbons (Fsp3) is 0.374. The van der Waals surface area contributed by atoms with Gasteiger partial charge in [0, 0.05) is 90.7 Å². The Morgan fingerprint density at radius 2 is 0.791 bits per heavy atom. The molecule has 3 heterocycles. The minimum atomic E-state index is -0.481. The van der Waals surface area contributed by atoms with Gasteiger partial charge in [0.15, 0.2) is 13.0 Å². The number of cyclic esters (lactones) is 3. The summed E-state index contributed by atoms with van der Waals surface area (Å²) in [5.74, 6) is -0.660. The van der Waals surface area contributed by atoms with E-state index < -0.39 is 11.2 Å². The first-order valence-corrected chi connectivity index (χ1v) is 52.4. The number of nitro groups is 2. The van der Waals surface area contributed by atoms with Crippen LogP contribution in [0.4, 0.5) is 17.1 Å². The van der Waals surface area contributed by atoms with Crippen LogP contribution in [0.15, 0.2) is 267 Å². The average molecular weight is 2120 g/mol. The van der Waals surface area contributed by atoms with Gasteiger partial charge in [-0.15, -0.1) is 0 Å². The Bertz CT molecular complexity index is 6360. The molecule has 3 aliphatic heterocycles. The van der Waals surface area contributed by atoms with Gasteiger partial charge in [0.05, 0.1) is 47.2 Å². The van der Waals surface area contributed by atoms with E-state index in [1.54, 1.807) is 63.9 Å². The number of nitrogens with zero attached hydrogens (tertiary/aromatic N) is 2. The standard InChI is InChI=1S/C27H27NO4.C26H27NO3.C23H30O3.C19H20O2.C17H26O3.C8H8BrNO2.2CH5BS.CH4/c1-18-9-11-22(15-23(18)12-20-6-4-3-5-7-20)25-16-24(27(29)32-17-25)13-21-10-8-19(2)26(14-21)28(30)31;1-17-7-9-20(14-21(17)11-18-5-3-2-4-6-18)23-15-22(26(29)30-16-23)12-19-8-10-25(28)24(27)13-19;1-17-10-11-19(15-21(17)14-18-8-6-5-7-9-18)20(16-24)12-13-22(25)26-23(2,3)4;1-14-7-8-16(17-9-10-19(20)21-13-17)12-18(14)11-15-5-3-2-4-6-15;1-12-6-7-14(10-13(12)2)15(11-18)8-9-16(19)20-17(3,4)5;1-6-2-3-7(5-9)4-8(6)10(11)12;2*1-2-3;/h3-11,14-15,24-25H,12-13,16-17H2,1-2H3;2-10,13-14,22-23,28H,11-12,15-16,27H2,1H3;5-11,15,20,24H,12-14,16H2,1-4H3;2-8,12,17H,9-11,13H2,1H3;6-7,10,15,18H,8-9,11H2,1-5H3;2-4H,5H2,1H3;2*2-3H,1H3;1H4/t24?,25-;22?,23-;20-;17-;15-;;;;/m11111..../s1/i;;24T;;18T;;2*2D;. The maximum atomic E-state index is 12.5. The number of nitrogens with two attached hydrogens (primary N) is 1. The summed E-state index contributed by atoms with van der Waals surface area (Å²) in [4.78, 5) is 80.9. The molecule has 0 amide bonds. The first-order valence-electron chi connectivity index (χ1n) is 52.2. The number of carbonyl (C=O) groups is 5. The first kappa shape index (κ1) is 116. The summed E-state index contributed by atoms with van der Waals surface area (Å²) in [6.07, 6.45) is 9.28. The fourth-order valence-corrected chi connectivity index (χ4v) is 17.8. The first-order chi connectivity index (χ1) is 71.7. The maximum absolute atomic E-state index is 12.5. The Morgan fingerprint density at radius 1 is 0.459 bits per heavy atom. The van der Waals surface area contributed by atoms with Gasteiger partial charge in [-0.1, -0.05) is 280 Å². The molecule has 7 atom stereocenters. The van der Waals surface area contributed by atoms with Crippen LogP contribution in [0.5, 0.6) is 5.75 Å². The van der Waals surface area contributed by atoms with Crippen molar-refractivity contribution in [3.8, 4) is 5.75 Å². The maximum Gasteiger partial charge on any atom is 0.309 e. The van der Waals surface area contributed by atoms with E-state index >= 15 is 0 Å². The summed E-state index contributed by atoms with van der Waals surface area (Å²) >= 11 is 10.5. The molecule has 0 spiro atoms. The second kappa shape index (κ2) is 62.2. The van der Waals surface area contributed by atoms with Gasteiger partial charge in [0.1, 0.15) is 17.0 Å². The number of nitrogen functional groups attached to an aromatic ring is 1. The molecule has 20 nitrogen and oxygen atoms in total. The number of aryl methyl sites for hydroxylation is 8. The molecular formula is C123H152B2BrN3O17S2. The lowest BCUT2D eigenvalue weighted by molar-refractivity contribution is -0.385. The van der Waals surface area contributed by atoms with Crippen LogP contribution in [0.1, 0.15) is 263 Å². The lowest BCUT2D eigenvalue weighted by Crippen LogP contribution is -2.31. The zero-order valence-electron chi connectivity index (χ0n) is 92.0. The average Bonchev–Trinajstić information content (AvgIpc) is 0.812. The molecule has 786 valence electrons. The zero-order chi connectivity index (χ0) is 111. The van der Waals surface area contributed by atoms with Gasteiger partial charge in [-0.2, -0.15) is 0 Å². The number of phenolic OH excluding ortho intramolecular Hbond substituents is 1. The number of carbonyl (C=O) groups excluding carboxylic acids is 5. The number of aliphatic hydroxyl groups excluding tert-OH is 2. The number of nitro benzene ring substituents is 2. The van der Waals surface area contributed by atoms with E-state index in [1.165, 1.54) is 94.6 Å². The lowest BCUT2D eigenvalue weighted by atomic mass is 9.83. The van der Waals surface area contributed by atoms with Crippen molar-refractivity contribution in [3.05, 3.63) is 421 Å². The van der Waals surface area contributed by atoms with E-state index in [0.29, 0.717) is 99.2 Å². The predicted molar refractivity (Wildman–Crippen MR) is 613 cm³/mol. The van der Waals surface area contributed by atoms with Crippen molar-refractivity contribution in [2.75, 3.05) is 38.8 Å². The normalized spacial score (nSPS) is 15.7. The van der Waals surface area contributed by atoms with Crippen molar-refractivity contribution >= 4 is 101 Å². The number of aliphatic hydroxyl groups is 2. The van der Waals surface area contributed by atoms with Crippen LogP contribution >= 0.6 is 40.9 Å². The molecular weight excluding hydrogens is 1960 g/mol. The van der Waals surface area contributed by atoms with Gasteiger partial charge in [-0.05, 0) is 305 Å². The summed E-state index contributed by atoms with van der Waals surface area (Å²) < 4.78 is 54.1. The van der Waals surface area contributed by atoms with Gasteiger partial charge in [-0.25, -0.2) is 25.0 Å². The molecule has 5 N–H and O–H groups in total. The van der Waals surface area contributed by atoms with Crippen molar-refractivity contribution in [1.29, 1.82) is 5.53 Å². The smallest absolute Gasteiger partial charge is 0.309 e. The number of hydrogen-bond donors (Lipinski definition) is 6. The molecule has 15 rings (SSSR count). The highest BCUT2D eigenvalue weighted by molar-refractivity contribution is 9.08. The molecule has 3 fully saturated rings. The highest BCUT2D eigenvalue weighted by Gasteiger charge is 2.35. The van der Waals surface area contributed by atoms with Gasteiger partial charge in [0.2, 0.25) is 2.86 Å². The molecule has 0 radical (unpaired) electrons. The summed E-state index contributed by atoms with van der Waals surface area (Å²) in [5.41, 5.74) is 33.2. The van der Waals surface area contributed by atoms with Crippen LogP contribution in [-0.2, 0) is 91.5 Å². The summed E-state index contributed by atoms with van der Waals surface area (Å²) in [7, 11) is 0. The van der Waals surface area contributed by atoms with Crippen LogP contribution in [0.25, 0.3) is 0 Å². The van der Waals surface area contributed by atoms with Crippen molar-refractivity contribution < 1.29 is 72.8 Å². The van der Waals surface area contributed by atoms with Gasteiger partial charge < -0.3 is 44.7 Å². The van der Waals surface area contributed by atoms with Crippen LogP contribution in [0.2, 0.25) is 13.6 Å². The zero-order valence-corrected chi connectivity index (χ0v) is 91.3. The van der Waals surface area contributed by atoms with E-state index in [0.717, 1.165) is 66.3 Å². The molecule has 3 aliphatic rings. The molecule has 0 bridgehead atoms. The third-order valence-corrected chi connectivity index (χ3v) is 26.6. The number of hydrogen-bond acceptors (Lipinski definition) is 20. The van der Waals surface area contributed by atoms with Crippen molar-refractivity contribution in [1.82, 2.24) is 0 Å². The number of rotatable bonds is 30. The molecule has 148 heavy (non-hydrogen) atoms. The van der Waals surface area contributed by atoms with Gasteiger partial charge >= 0.3 is 29.8 Å². The van der Waals surface area contributed by atoms with Crippen LogP contribution in [-0.4, -0.2) is 118 Å². The second-order valence-electron chi connectivity index (χ2n) is 39.9. The molecule has 3 saturated heterocycles. The quantitative estimate of drug-likeness (QED) is 0.00280. The van der Waals surface area contributed by atoms with E-state index in [9.17, 15) is 49.3 Å². The number of esters is 5. The fourth-order valence-electron chi connectivity index (χ4n) is 17.4. The Hall–Kier alpha value is -12.4. The molecule has 0 aliphatic carbocycles. The van der Waals surface area contributed by atoms with Crippen LogP contribution in [0.3, 0.4) is 0 Å². The number of ether oxygens (including phenoxy) is 5. The molecule has 12 aromatic carbocycles. The topological polar surface area (TPSA) is 304 Å². The Labute approximate surface area is 904 Å². The SMILES string of the molecule is C.Cc1ccc(CBr)cc1[N+](=O)[O-].Cc1ccc([C@@H]2CCC(=O)OC2)cc1Cc1ccccc1.Cc1ccc([C@H]2COC(=O)C(Cc3ccc(C)c([N+](=O)[O-])c3)C2)cc1Cc1ccccc1.Cc1ccc([C@H]2COC(=O)C(Cc3ccc(O)c(N)c3)C2)cc1Cc1ccccc1.[2H]B(C)S.[2H]B(C)S.[3H]OC[C@@H](CCC(=O)OC(C)(C)C)c1ccc(C)c(C)c1.[3H]OC[C@@H](CCC(=O)OC(C)(C)C)c1ccc(C)c(Cc2ccccc2)c1. The molecule has 0 aromatic heterocycles. The monoisotopic (exact) mass is 2110 g/mol. The minimum Gasteiger partial charge on any atom is -0.506 e. The van der Waals surface area contributed by atoms with Gasteiger partial charge in [0.25, 0.3) is 11.4 Å². The Balaban J connectivity index is 0.000000247. The summed E-state index contributed by atoms with van der Waals surface area (Å²) in [6.45, 7) is 32.1. The number of thiol groups is 2. The highest BCUT2D eigenvalue weighted by Crippen LogP contribution is 2.39. The molecule has 0 saturated carbocycles. The molecule has 2 unspecified atom stereocenters. The predicted octanol–water partition coefficient (Wildman–Crippen LogP) is 26.8. The number of phenols is 1. The minimum absolute atomic E-state index is 0. The third kappa shape index (κ3) is 41.6. The van der Waals surface area contributed by atoms with E-state index in [2.05, 4.69) is 263 Å². The van der Waals surface area contributed by atoms with Crippen molar-refractivity contribution in [2.24, 2.45) is 11.8 Å². The summed E-state index contributed by atoms with van der Waals surface area (Å²) in [6, 6.07) is 89.6. The lowest BCUT2D eigenvalue weighted by Gasteiger charge is -2.29. The summed E-state index contributed by atoms with van der Waals surface area (Å²) in [5, 5.41) is 41.3. The number of anilines is 1. The number of benzene rings is 12. The third-order valence-electron chi connectivity index (χ3n) is 25.9. The molecule has 12 aromatic rings. The largest absolute Gasteiger partial charge is 0.506 e. The highest BCUT2D eigenvalue weighted by atomic mass is 79.9. The van der Waals surface area contributed by atoms with E-state index in [1.807, 2.05) is 102 Å². The number of aromatic hydroxyl groups is 1. The Morgan fingerprint density at radius 3 is 1.14 bits per heavy atom. The van der Waals surface area contributed by atoms with Gasteiger partial charge in [-0.3, -0.25) is 44.2 Å².